The lowest BCUT2D eigenvalue weighted by Gasteiger charge is -2.29. The topological polar surface area (TPSA) is 86.0 Å². The first-order chi connectivity index (χ1) is 20.2. The Labute approximate surface area is 243 Å². The normalized spacial score (nSPS) is 13.9. The molecule has 7 heteroatoms. The SMILES string of the molecule is Cc1cc2c(ccc3nc(-c4ccccc4)cn32)c(-c2ccc3c4c(ccnc24)CCO3)c1C(OC(C)(C)C)C(=O)O. The Balaban J connectivity index is 1.59. The zero-order chi connectivity index (χ0) is 29.2. The molecule has 6 aromatic rings. The molecule has 4 heterocycles. The van der Waals surface area contributed by atoms with Crippen LogP contribution in [0.1, 0.15) is 43.6 Å². The second-order valence-electron chi connectivity index (χ2n) is 11.8. The van der Waals surface area contributed by atoms with Gasteiger partial charge in [0, 0.05) is 46.3 Å². The van der Waals surface area contributed by atoms with E-state index < -0.39 is 17.7 Å². The average Bonchev–Trinajstić information content (AvgIpc) is 3.41. The first kappa shape index (κ1) is 26.2. The van der Waals surface area contributed by atoms with E-state index in [1.165, 1.54) is 5.56 Å². The maximum absolute atomic E-state index is 12.9. The Morgan fingerprint density at radius 3 is 2.64 bits per heavy atom. The fourth-order valence-electron chi connectivity index (χ4n) is 6.13. The molecule has 3 aromatic carbocycles. The van der Waals surface area contributed by atoms with Crippen LogP contribution >= 0.6 is 0 Å². The van der Waals surface area contributed by atoms with Crippen molar-refractivity contribution in [2.24, 2.45) is 0 Å². The van der Waals surface area contributed by atoms with Crippen molar-refractivity contribution < 1.29 is 19.4 Å². The van der Waals surface area contributed by atoms with Crippen LogP contribution < -0.4 is 4.74 Å². The number of ether oxygens (including phenoxy) is 2. The van der Waals surface area contributed by atoms with E-state index in [-0.39, 0.29) is 0 Å². The van der Waals surface area contributed by atoms with E-state index in [9.17, 15) is 9.90 Å². The third-order valence-corrected chi connectivity index (χ3v) is 7.85. The number of carbonyl (C=O) groups is 1. The summed E-state index contributed by atoms with van der Waals surface area (Å²) in [5.41, 5.74) is 7.97. The number of imidazole rings is 1. The van der Waals surface area contributed by atoms with Crippen LogP contribution in [0.2, 0.25) is 0 Å². The van der Waals surface area contributed by atoms with Gasteiger partial charge in [0.1, 0.15) is 11.4 Å². The van der Waals surface area contributed by atoms with E-state index in [4.69, 9.17) is 19.4 Å². The van der Waals surface area contributed by atoms with Crippen LogP contribution in [-0.4, -0.2) is 37.7 Å². The number of aromatic nitrogens is 3. The van der Waals surface area contributed by atoms with Crippen molar-refractivity contribution in [1.82, 2.24) is 14.4 Å². The van der Waals surface area contributed by atoms with Gasteiger partial charge in [0.15, 0.2) is 6.10 Å². The van der Waals surface area contributed by atoms with Crippen LogP contribution in [0.15, 0.2) is 79.1 Å². The second-order valence-corrected chi connectivity index (χ2v) is 11.8. The molecule has 1 aliphatic heterocycles. The molecule has 0 bridgehead atoms. The van der Waals surface area contributed by atoms with Gasteiger partial charge in [0.2, 0.25) is 0 Å². The Morgan fingerprint density at radius 2 is 1.88 bits per heavy atom. The van der Waals surface area contributed by atoms with Gasteiger partial charge in [-0.1, -0.05) is 30.3 Å². The predicted octanol–water partition coefficient (Wildman–Crippen LogP) is 7.55. The number of carboxylic acids is 1. The zero-order valence-electron chi connectivity index (χ0n) is 24.0. The van der Waals surface area contributed by atoms with Gasteiger partial charge in [-0.05, 0) is 80.8 Å². The summed E-state index contributed by atoms with van der Waals surface area (Å²) < 4.78 is 14.3. The molecule has 1 unspecified atom stereocenters. The number of rotatable bonds is 5. The minimum absolute atomic E-state index is 0.618. The van der Waals surface area contributed by atoms with E-state index in [0.717, 1.165) is 67.6 Å². The van der Waals surface area contributed by atoms with Gasteiger partial charge in [-0.15, -0.1) is 0 Å². The van der Waals surface area contributed by atoms with Crippen molar-refractivity contribution in [3.63, 3.8) is 0 Å². The van der Waals surface area contributed by atoms with E-state index in [2.05, 4.69) is 4.40 Å². The van der Waals surface area contributed by atoms with Gasteiger partial charge in [-0.25, -0.2) is 9.78 Å². The highest BCUT2D eigenvalue weighted by Gasteiger charge is 2.33. The van der Waals surface area contributed by atoms with Crippen LogP contribution in [0.5, 0.6) is 5.75 Å². The average molecular weight is 558 g/mol. The van der Waals surface area contributed by atoms with Gasteiger partial charge < -0.3 is 14.6 Å². The van der Waals surface area contributed by atoms with Gasteiger partial charge in [-0.3, -0.25) is 9.38 Å². The van der Waals surface area contributed by atoms with Crippen molar-refractivity contribution in [3.05, 3.63) is 95.8 Å². The Kier molecular flexibility index (Phi) is 6.02. The van der Waals surface area contributed by atoms with Crippen molar-refractivity contribution in [1.29, 1.82) is 0 Å². The van der Waals surface area contributed by atoms with E-state index in [1.54, 1.807) is 0 Å². The third kappa shape index (κ3) is 4.28. The summed E-state index contributed by atoms with van der Waals surface area (Å²) in [6.45, 7) is 8.20. The van der Waals surface area contributed by atoms with Crippen LogP contribution in [0.3, 0.4) is 0 Å². The number of aliphatic carboxylic acids is 1. The van der Waals surface area contributed by atoms with E-state index >= 15 is 0 Å². The van der Waals surface area contributed by atoms with Crippen LogP contribution in [0, 0.1) is 6.92 Å². The summed E-state index contributed by atoms with van der Waals surface area (Å²) in [4.78, 5) is 22.6. The highest BCUT2D eigenvalue weighted by atomic mass is 16.5. The monoisotopic (exact) mass is 557 g/mol. The molecule has 1 aliphatic rings. The smallest absolute Gasteiger partial charge is 0.337 e. The molecular formula is C35H31N3O4. The number of benzene rings is 3. The fourth-order valence-corrected chi connectivity index (χ4v) is 6.13. The summed E-state index contributed by atoms with van der Waals surface area (Å²) in [5, 5.41) is 12.4. The van der Waals surface area contributed by atoms with Crippen molar-refractivity contribution in [3.8, 4) is 28.1 Å². The Bertz CT molecular complexity index is 2010. The number of carboxylic acid groups (broad SMARTS) is 1. The largest absolute Gasteiger partial charge is 0.493 e. The summed E-state index contributed by atoms with van der Waals surface area (Å²) in [7, 11) is 0. The lowest BCUT2D eigenvalue weighted by atomic mass is 9.86. The standard InChI is InChI=1S/C35H31N3O4/c1-20-18-26-23(11-13-28-37-25(19-38(26)28)21-8-6-5-7-9-21)31(29(20)33(34(39)40)42-35(2,3)4)24-10-12-27-30-22(15-17-41-27)14-16-36-32(24)30/h5-14,16,18-19,33H,15,17H2,1-4H3,(H,39,40). The number of pyridine rings is 2. The van der Waals surface area contributed by atoms with Gasteiger partial charge in [0.05, 0.1) is 28.9 Å². The molecule has 3 aromatic heterocycles. The summed E-state index contributed by atoms with van der Waals surface area (Å²) >= 11 is 0. The molecule has 0 amide bonds. The van der Waals surface area contributed by atoms with Crippen molar-refractivity contribution in [2.45, 2.75) is 45.8 Å². The fraction of sp³-hybridized carbons (Fsp3) is 0.229. The first-order valence-electron chi connectivity index (χ1n) is 14.1. The molecule has 0 radical (unpaired) electrons. The van der Waals surface area contributed by atoms with Crippen molar-refractivity contribution >= 4 is 33.4 Å². The molecule has 7 rings (SSSR count). The number of hydrogen-bond donors (Lipinski definition) is 1. The Hall–Kier alpha value is -4.75. The molecule has 0 saturated heterocycles. The first-order valence-corrected chi connectivity index (χ1v) is 14.1. The molecular weight excluding hydrogens is 526 g/mol. The second kappa shape index (κ2) is 9.67. The molecule has 7 nitrogen and oxygen atoms in total. The minimum atomic E-state index is -1.19. The number of fused-ring (bicyclic) bond motifs is 3. The van der Waals surface area contributed by atoms with Crippen LogP contribution in [0.4, 0.5) is 0 Å². The van der Waals surface area contributed by atoms with Crippen molar-refractivity contribution in [2.75, 3.05) is 6.61 Å². The molecule has 210 valence electrons. The summed E-state index contributed by atoms with van der Waals surface area (Å²) in [5.74, 6) is -0.241. The highest BCUT2D eigenvalue weighted by molar-refractivity contribution is 6.08. The number of hydrogen-bond acceptors (Lipinski definition) is 5. The molecule has 0 aliphatic carbocycles. The maximum Gasteiger partial charge on any atom is 0.337 e. The molecule has 1 N–H and O–H groups in total. The van der Waals surface area contributed by atoms with Gasteiger partial charge in [-0.2, -0.15) is 0 Å². The highest BCUT2D eigenvalue weighted by Crippen LogP contribution is 2.45. The molecule has 1 atom stereocenters. The lowest BCUT2D eigenvalue weighted by molar-refractivity contribution is -0.160. The minimum Gasteiger partial charge on any atom is -0.493 e. The zero-order valence-corrected chi connectivity index (χ0v) is 24.0. The summed E-state index contributed by atoms with van der Waals surface area (Å²) in [6.07, 6.45) is 3.47. The Morgan fingerprint density at radius 1 is 1.07 bits per heavy atom. The number of aryl methyl sites for hydroxylation is 1. The summed E-state index contributed by atoms with van der Waals surface area (Å²) in [6, 6.07) is 22.2. The van der Waals surface area contributed by atoms with Crippen LogP contribution in [-0.2, 0) is 16.0 Å². The van der Waals surface area contributed by atoms with Gasteiger partial charge in [0.25, 0.3) is 0 Å². The molecule has 0 saturated carbocycles. The van der Waals surface area contributed by atoms with E-state index in [0.29, 0.717) is 12.2 Å². The predicted molar refractivity (Wildman–Crippen MR) is 164 cm³/mol. The molecule has 0 fully saturated rings. The molecule has 42 heavy (non-hydrogen) atoms. The van der Waals surface area contributed by atoms with Gasteiger partial charge >= 0.3 is 5.97 Å². The third-order valence-electron chi connectivity index (χ3n) is 7.85. The number of nitrogens with zero attached hydrogens (tertiary/aromatic N) is 3. The maximum atomic E-state index is 12.9. The quantitative estimate of drug-likeness (QED) is 0.236. The lowest BCUT2D eigenvalue weighted by Crippen LogP contribution is -2.28. The molecule has 0 spiro atoms. The van der Waals surface area contributed by atoms with E-state index in [1.807, 2.05) is 107 Å². The van der Waals surface area contributed by atoms with Crippen LogP contribution in [0.25, 0.3) is 49.8 Å².